The second kappa shape index (κ2) is 16.2. The van der Waals surface area contributed by atoms with Crippen molar-refractivity contribution in [3.8, 4) is 0 Å². The summed E-state index contributed by atoms with van der Waals surface area (Å²) in [6, 6.07) is 24.7. The van der Waals surface area contributed by atoms with E-state index in [4.69, 9.17) is 0 Å². The molecule has 0 aromatic heterocycles. The van der Waals surface area contributed by atoms with Gasteiger partial charge in [0.2, 0.25) is 0 Å². The van der Waals surface area contributed by atoms with Gasteiger partial charge in [-0.1, -0.05) is 165 Å². The maximum atomic E-state index is 12.8. The van der Waals surface area contributed by atoms with Crippen LogP contribution in [0.3, 0.4) is 0 Å². The summed E-state index contributed by atoms with van der Waals surface area (Å²) in [6.45, 7) is 8.38. The van der Waals surface area contributed by atoms with Gasteiger partial charge < -0.3 is 15.1 Å². The molecular formula is C47H45NO2. The van der Waals surface area contributed by atoms with Crippen LogP contribution in [0.5, 0.6) is 0 Å². The number of rotatable bonds is 9. The topological polar surface area (TPSA) is 43.7 Å². The first-order chi connectivity index (χ1) is 24.6. The van der Waals surface area contributed by atoms with Gasteiger partial charge in [-0.05, 0) is 76.8 Å². The highest BCUT2D eigenvalue weighted by Gasteiger charge is 2.46. The summed E-state index contributed by atoms with van der Waals surface area (Å²) in [4.78, 5) is 2.29. The molecule has 0 saturated heterocycles. The number of nitrogens with zero attached hydrogens (tertiary/aromatic N) is 1. The molecule has 2 atom stereocenters. The van der Waals surface area contributed by atoms with Gasteiger partial charge in [0, 0.05) is 18.3 Å². The number of allylic oxidation sites excluding steroid dienone is 13. The Balaban J connectivity index is 1.55. The number of aliphatic hydroxyl groups is 2. The minimum atomic E-state index is -1.07. The van der Waals surface area contributed by atoms with Crippen molar-refractivity contribution in [3.05, 3.63) is 216 Å². The molecule has 0 spiro atoms. The van der Waals surface area contributed by atoms with Crippen LogP contribution in [-0.2, 0) is 11.8 Å². The van der Waals surface area contributed by atoms with Crippen LogP contribution in [0.15, 0.2) is 189 Å². The third-order valence-electron chi connectivity index (χ3n) is 9.70. The first kappa shape index (κ1) is 34.2. The number of para-hydroxylation sites is 1. The Morgan fingerprint density at radius 2 is 1.56 bits per heavy atom. The predicted molar refractivity (Wildman–Crippen MR) is 213 cm³/mol. The van der Waals surface area contributed by atoms with E-state index < -0.39 is 11.5 Å². The van der Waals surface area contributed by atoms with Crippen molar-refractivity contribution in [2.75, 3.05) is 11.4 Å². The lowest BCUT2D eigenvalue weighted by molar-refractivity contribution is 0.172. The molecular weight excluding hydrogens is 611 g/mol. The quantitative estimate of drug-likeness (QED) is 0.178. The van der Waals surface area contributed by atoms with Crippen LogP contribution in [0.2, 0.25) is 0 Å². The Morgan fingerprint density at radius 1 is 0.780 bits per heavy atom. The zero-order chi connectivity index (χ0) is 34.8. The van der Waals surface area contributed by atoms with Crippen molar-refractivity contribution in [2.45, 2.75) is 37.2 Å². The summed E-state index contributed by atoms with van der Waals surface area (Å²) in [5, 5.41) is 25.1. The standard InChI is InChI=1S/C47H45NO2/c1-3-5-7-16-32-47(42-29-15-14-23-37(42)25-19-28-41(46(47)50)36-21-11-9-12-22-36)43-31-30-39(35-44(43)49)40-27-20-26-38-24-13-10-18-34-48(45(38)40)33-17-8-6-4-2/h3-12,14-23,25-29,32-33,35,46,49-50H,1-2,13,24,30-31,34H2/b7-5-,8-6-,18-10-,25-19-,32-16-,33-17-,41-28-. The zero-order valence-corrected chi connectivity index (χ0v) is 28.5. The van der Waals surface area contributed by atoms with Crippen molar-refractivity contribution in [1.29, 1.82) is 0 Å². The molecule has 0 fully saturated rings. The number of hydrogen-bond acceptors (Lipinski definition) is 3. The van der Waals surface area contributed by atoms with Gasteiger partial charge in [-0.25, -0.2) is 0 Å². The molecule has 3 aliphatic rings. The van der Waals surface area contributed by atoms with Crippen molar-refractivity contribution in [2.24, 2.45) is 0 Å². The van der Waals surface area contributed by atoms with Gasteiger partial charge in [0.1, 0.15) is 5.76 Å². The van der Waals surface area contributed by atoms with E-state index >= 15 is 0 Å². The van der Waals surface area contributed by atoms with E-state index in [1.807, 2.05) is 97.1 Å². The highest BCUT2D eigenvalue weighted by atomic mass is 16.3. The number of aryl methyl sites for hydroxylation is 1. The van der Waals surface area contributed by atoms with E-state index in [1.54, 1.807) is 12.2 Å². The summed E-state index contributed by atoms with van der Waals surface area (Å²) in [5.74, 6) is 0.189. The number of aliphatic hydroxyl groups excluding tert-OH is 2. The number of anilines is 1. The molecule has 2 N–H and O–H groups in total. The number of fused-ring (bicyclic) bond motifs is 2. The minimum absolute atomic E-state index is 0.189. The van der Waals surface area contributed by atoms with Gasteiger partial charge >= 0.3 is 0 Å². The first-order valence-corrected chi connectivity index (χ1v) is 17.4. The second-order valence-corrected chi connectivity index (χ2v) is 12.7. The Hall–Kier alpha value is -5.64. The largest absolute Gasteiger partial charge is 0.508 e. The molecule has 0 amide bonds. The molecule has 50 heavy (non-hydrogen) atoms. The van der Waals surface area contributed by atoms with E-state index in [0.717, 1.165) is 58.4 Å². The van der Waals surface area contributed by atoms with Gasteiger partial charge in [-0.15, -0.1) is 0 Å². The second-order valence-electron chi connectivity index (χ2n) is 12.7. The summed E-state index contributed by atoms with van der Waals surface area (Å²) in [5.41, 5.74) is 8.01. The molecule has 2 unspecified atom stereocenters. The number of hydrogen-bond donors (Lipinski definition) is 2. The van der Waals surface area contributed by atoms with Crippen molar-refractivity contribution < 1.29 is 10.2 Å². The van der Waals surface area contributed by atoms with Crippen LogP contribution >= 0.6 is 0 Å². The van der Waals surface area contributed by atoms with E-state index in [0.29, 0.717) is 12.8 Å². The van der Waals surface area contributed by atoms with Gasteiger partial charge in [-0.3, -0.25) is 0 Å². The Bertz CT molecular complexity index is 2000. The fourth-order valence-corrected chi connectivity index (χ4v) is 7.40. The minimum Gasteiger partial charge on any atom is -0.508 e. The first-order valence-electron chi connectivity index (χ1n) is 17.4. The molecule has 0 saturated carbocycles. The normalized spacial score (nSPS) is 23.4. The zero-order valence-electron chi connectivity index (χ0n) is 28.5. The Labute approximate surface area is 297 Å². The van der Waals surface area contributed by atoms with Gasteiger partial charge in [0.15, 0.2) is 0 Å². The molecule has 250 valence electrons. The van der Waals surface area contributed by atoms with E-state index in [-0.39, 0.29) is 5.76 Å². The fourth-order valence-electron chi connectivity index (χ4n) is 7.40. The molecule has 1 aliphatic heterocycles. The van der Waals surface area contributed by atoms with E-state index in [1.165, 1.54) is 11.3 Å². The molecule has 2 aliphatic carbocycles. The fraction of sp³-hybridized carbons (Fsp3) is 0.149. The van der Waals surface area contributed by atoms with Crippen LogP contribution in [0.4, 0.5) is 5.69 Å². The third kappa shape index (κ3) is 7.05. The maximum absolute atomic E-state index is 12.8. The SMILES string of the molecule is C=C/C=C\C=C/N1C/C=C\CCc2cccc(C3=CC(O)=C(C4(/C=C\C=C/C=C)c5ccccc5/C=C\C=C(\c5ccccc5)C4O)CC3)c21. The predicted octanol–water partition coefficient (Wildman–Crippen LogP) is 10.9. The highest BCUT2D eigenvalue weighted by molar-refractivity contribution is 5.84. The molecule has 6 rings (SSSR count). The Morgan fingerprint density at radius 3 is 2.36 bits per heavy atom. The van der Waals surface area contributed by atoms with Crippen LogP contribution in [0, 0.1) is 0 Å². The molecule has 0 radical (unpaired) electrons. The Kier molecular flexibility index (Phi) is 11.1. The van der Waals surface area contributed by atoms with Crippen LogP contribution < -0.4 is 4.90 Å². The van der Waals surface area contributed by atoms with Crippen LogP contribution in [-0.4, -0.2) is 22.9 Å². The van der Waals surface area contributed by atoms with E-state index in [9.17, 15) is 10.2 Å². The third-order valence-corrected chi connectivity index (χ3v) is 9.70. The molecule has 3 nitrogen and oxygen atoms in total. The highest BCUT2D eigenvalue weighted by Crippen LogP contribution is 2.50. The monoisotopic (exact) mass is 655 g/mol. The summed E-state index contributed by atoms with van der Waals surface area (Å²) in [7, 11) is 0. The lowest BCUT2D eigenvalue weighted by Gasteiger charge is -2.42. The molecule has 3 aromatic carbocycles. The molecule has 3 heteroatoms. The average molecular weight is 656 g/mol. The van der Waals surface area contributed by atoms with E-state index in [2.05, 4.69) is 78.9 Å². The van der Waals surface area contributed by atoms with Crippen LogP contribution in [0.1, 0.15) is 47.1 Å². The molecule has 0 bridgehead atoms. The summed E-state index contributed by atoms with van der Waals surface area (Å²) >= 11 is 0. The summed E-state index contributed by atoms with van der Waals surface area (Å²) in [6.07, 6.45) is 34.1. The number of benzene rings is 3. The van der Waals surface area contributed by atoms with Gasteiger partial charge in [0.25, 0.3) is 0 Å². The lowest BCUT2D eigenvalue weighted by atomic mass is 9.62. The average Bonchev–Trinajstić information content (AvgIpc) is 3.13. The van der Waals surface area contributed by atoms with Gasteiger partial charge in [-0.2, -0.15) is 0 Å². The molecule has 3 aromatic rings. The summed E-state index contributed by atoms with van der Waals surface area (Å²) < 4.78 is 0. The van der Waals surface area contributed by atoms with Crippen LogP contribution in [0.25, 0.3) is 17.2 Å². The van der Waals surface area contributed by atoms with Crippen molar-refractivity contribution in [1.82, 2.24) is 0 Å². The van der Waals surface area contributed by atoms with Crippen molar-refractivity contribution in [3.63, 3.8) is 0 Å². The van der Waals surface area contributed by atoms with Gasteiger partial charge in [0.05, 0.1) is 17.2 Å². The molecule has 1 heterocycles. The smallest absolute Gasteiger partial charge is 0.116 e. The lowest BCUT2D eigenvalue weighted by Crippen LogP contribution is -2.42. The van der Waals surface area contributed by atoms with Crippen molar-refractivity contribution >= 4 is 22.9 Å². The maximum Gasteiger partial charge on any atom is 0.116 e.